The number of anilines is 1. The molecule has 8 nitrogen and oxygen atoms in total. The van der Waals surface area contributed by atoms with Gasteiger partial charge in [-0.1, -0.05) is 20.8 Å². The molecule has 1 fully saturated rings. The number of morpholine rings is 1. The van der Waals surface area contributed by atoms with Crippen molar-refractivity contribution < 1.29 is 13.9 Å². The lowest BCUT2D eigenvalue weighted by Gasteiger charge is -2.27. The summed E-state index contributed by atoms with van der Waals surface area (Å²) in [4.78, 5) is 25.5. The lowest BCUT2D eigenvalue weighted by atomic mass is 10.2. The van der Waals surface area contributed by atoms with Crippen LogP contribution in [-0.2, 0) is 4.74 Å². The predicted molar refractivity (Wildman–Crippen MR) is 112 cm³/mol. The summed E-state index contributed by atoms with van der Waals surface area (Å²) in [7, 11) is -2.24. The van der Waals surface area contributed by atoms with Crippen molar-refractivity contribution in [3.63, 3.8) is 0 Å². The zero-order valence-corrected chi connectivity index (χ0v) is 17.9. The van der Waals surface area contributed by atoms with Crippen LogP contribution < -0.4 is 4.90 Å². The van der Waals surface area contributed by atoms with E-state index in [2.05, 4.69) is 24.5 Å². The second-order valence-corrected chi connectivity index (χ2v) is 11.0. The summed E-state index contributed by atoms with van der Waals surface area (Å²) in [6.45, 7) is 8.62. The Morgan fingerprint density at radius 3 is 2.75 bits per heavy atom. The van der Waals surface area contributed by atoms with Crippen LogP contribution >= 0.6 is 11.6 Å². The summed E-state index contributed by atoms with van der Waals surface area (Å²) < 4.78 is 15.7. The van der Waals surface area contributed by atoms with E-state index in [1.54, 1.807) is 12.4 Å². The van der Waals surface area contributed by atoms with Gasteiger partial charge in [0, 0.05) is 31.1 Å². The molecule has 1 aliphatic rings. The lowest BCUT2D eigenvalue weighted by Crippen LogP contribution is -2.36. The molecule has 0 amide bonds. The van der Waals surface area contributed by atoms with Gasteiger partial charge in [-0.15, -0.1) is 0 Å². The van der Waals surface area contributed by atoms with E-state index in [0.29, 0.717) is 48.9 Å². The molecule has 0 aromatic carbocycles. The topological polar surface area (TPSA) is 96.9 Å². The van der Waals surface area contributed by atoms with Gasteiger partial charge in [-0.05, 0) is 22.7 Å². The summed E-state index contributed by atoms with van der Waals surface area (Å²) in [5.74, 6) is 0.655. The first kappa shape index (κ1) is 19.3. The van der Waals surface area contributed by atoms with Crippen molar-refractivity contribution in [3.8, 4) is 0 Å². The Morgan fingerprint density at radius 2 is 2.04 bits per heavy atom. The fraction of sp³-hybridized carbons (Fsp3) is 0.444. The Balaban J connectivity index is 1.78. The Bertz CT molecular complexity index is 1040. The third kappa shape index (κ3) is 3.75. The molecule has 3 aromatic rings. The van der Waals surface area contributed by atoms with E-state index in [0.717, 1.165) is 10.9 Å². The maximum Gasteiger partial charge on any atom is 0.305 e. The number of halogens is 1. The third-order valence-corrected chi connectivity index (χ3v) is 6.75. The number of aromatic nitrogens is 3. The highest BCUT2D eigenvalue weighted by atomic mass is 35.5. The summed E-state index contributed by atoms with van der Waals surface area (Å²) in [6.07, 6.45) is 3.33. The van der Waals surface area contributed by atoms with Gasteiger partial charge in [0.1, 0.15) is 5.52 Å². The van der Waals surface area contributed by atoms with Crippen LogP contribution in [0.2, 0.25) is 10.3 Å². The second kappa shape index (κ2) is 7.40. The van der Waals surface area contributed by atoms with Gasteiger partial charge in [-0.2, -0.15) is 4.98 Å². The molecule has 4 rings (SSSR count). The predicted octanol–water partition coefficient (Wildman–Crippen LogP) is 2.69. The smallest absolute Gasteiger partial charge is 0.305 e. The van der Waals surface area contributed by atoms with Gasteiger partial charge in [-0.25, -0.2) is 9.97 Å². The SMILES string of the molecule is CC(C)(C)[SiH](O)N=Cc1cnc2oc3c(N4CCOCC4)nc(Cl)nc3c2c1. The first-order valence-corrected chi connectivity index (χ1v) is 11.1. The minimum atomic E-state index is -2.24. The van der Waals surface area contributed by atoms with Crippen LogP contribution in [0.3, 0.4) is 0 Å². The molecule has 1 aliphatic heterocycles. The summed E-state index contributed by atoms with van der Waals surface area (Å²) in [5.41, 5.74) is 2.42. The van der Waals surface area contributed by atoms with Gasteiger partial charge in [0.05, 0.1) is 18.6 Å². The molecule has 1 unspecified atom stereocenters. The van der Waals surface area contributed by atoms with Gasteiger partial charge in [0.25, 0.3) is 0 Å². The Kier molecular flexibility index (Phi) is 5.09. The minimum absolute atomic E-state index is 0.159. The fourth-order valence-electron chi connectivity index (χ4n) is 2.94. The van der Waals surface area contributed by atoms with Crippen LogP contribution in [0, 0.1) is 0 Å². The number of hydrogen-bond donors (Lipinski definition) is 1. The molecule has 1 atom stereocenters. The Hall–Kier alpha value is -2.07. The van der Waals surface area contributed by atoms with Crippen molar-refractivity contribution in [1.82, 2.24) is 15.0 Å². The number of fused-ring (bicyclic) bond motifs is 3. The molecule has 0 aliphatic carbocycles. The molecule has 4 heterocycles. The maximum atomic E-state index is 10.3. The van der Waals surface area contributed by atoms with Gasteiger partial charge in [0.2, 0.25) is 11.0 Å². The molecule has 1 N–H and O–H groups in total. The quantitative estimate of drug-likeness (QED) is 0.396. The Morgan fingerprint density at radius 1 is 1.29 bits per heavy atom. The van der Waals surface area contributed by atoms with E-state index in [9.17, 15) is 4.80 Å². The van der Waals surface area contributed by atoms with Crippen molar-refractivity contribution in [2.24, 2.45) is 4.66 Å². The highest BCUT2D eigenvalue weighted by Gasteiger charge is 2.24. The molecule has 0 saturated carbocycles. The van der Waals surface area contributed by atoms with E-state index < -0.39 is 9.20 Å². The molecule has 10 heteroatoms. The molecular weight excluding hydrogens is 398 g/mol. The van der Waals surface area contributed by atoms with Crippen LogP contribution in [0.5, 0.6) is 0 Å². The summed E-state index contributed by atoms with van der Waals surface area (Å²) in [5, 5.41) is 0.695. The van der Waals surface area contributed by atoms with Crippen molar-refractivity contribution in [2.75, 3.05) is 31.2 Å². The van der Waals surface area contributed by atoms with Crippen LogP contribution in [0.1, 0.15) is 26.3 Å². The van der Waals surface area contributed by atoms with Crippen LogP contribution in [-0.4, -0.2) is 61.5 Å². The molecule has 0 bridgehead atoms. The van der Waals surface area contributed by atoms with Crippen LogP contribution in [0.15, 0.2) is 21.3 Å². The first-order valence-electron chi connectivity index (χ1n) is 9.12. The minimum Gasteiger partial charge on any atom is -0.432 e. The number of pyridine rings is 1. The van der Waals surface area contributed by atoms with E-state index >= 15 is 0 Å². The van der Waals surface area contributed by atoms with Crippen molar-refractivity contribution >= 4 is 55.0 Å². The molecule has 1 saturated heterocycles. The number of furan rings is 1. The monoisotopic (exact) mass is 419 g/mol. The molecule has 148 valence electrons. The third-order valence-electron chi connectivity index (χ3n) is 4.60. The number of nitrogens with zero attached hydrogens (tertiary/aromatic N) is 5. The van der Waals surface area contributed by atoms with Gasteiger partial charge in [0.15, 0.2) is 11.4 Å². The van der Waals surface area contributed by atoms with E-state index in [1.807, 2.05) is 26.8 Å². The average Bonchev–Trinajstić information content (AvgIpc) is 3.03. The Labute approximate surface area is 169 Å². The zero-order valence-electron chi connectivity index (χ0n) is 16.0. The average molecular weight is 420 g/mol. The maximum absolute atomic E-state index is 10.3. The van der Waals surface area contributed by atoms with E-state index in [-0.39, 0.29) is 10.3 Å². The van der Waals surface area contributed by atoms with Crippen molar-refractivity contribution in [2.45, 2.75) is 25.8 Å². The normalized spacial score (nSPS) is 17.1. The van der Waals surface area contributed by atoms with Crippen LogP contribution in [0.25, 0.3) is 22.2 Å². The second-order valence-electron chi connectivity index (χ2n) is 7.83. The summed E-state index contributed by atoms with van der Waals surface area (Å²) >= 11 is 6.20. The molecule has 28 heavy (non-hydrogen) atoms. The number of hydrogen-bond acceptors (Lipinski definition) is 8. The lowest BCUT2D eigenvalue weighted by molar-refractivity contribution is 0.122. The van der Waals surface area contributed by atoms with Gasteiger partial charge >= 0.3 is 9.20 Å². The molecular formula is C18H22ClN5O3Si. The standard InChI is InChI=1S/C18H22ClN5O3Si/c1-18(2,3)28(25)21-10-11-8-12-13-14(27-16(12)20-9-11)15(23-17(19)22-13)24-4-6-26-7-5-24/h8-10,25,28H,4-7H2,1-3H3. The van der Waals surface area contributed by atoms with Crippen LogP contribution in [0.4, 0.5) is 5.82 Å². The number of rotatable bonds is 3. The molecule has 0 radical (unpaired) electrons. The van der Waals surface area contributed by atoms with Gasteiger partial charge in [-0.3, -0.25) is 0 Å². The van der Waals surface area contributed by atoms with E-state index in [1.165, 1.54) is 0 Å². The largest absolute Gasteiger partial charge is 0.432 e. The van der Waals surface area contributed by atoms with Crippen molar-refractivity contribution in [1.29, 1.82) is 0 Å². The molecule has 0 spiro atoms. The van der Waals surface area contributed by atoms with Gasteiger partial charge < -0.3 is 23.5 Å². The van der Waals surface area contributed by atoms with Crippen molar-refractivity contribution in [3.05, 3.63) is 23.1 Å². The zero-order chi connectivity index (χ0) is 19.9. The first-order chi connectivity index (χ1) is 13.3. The fourth-order valence-corrected chi connectivity index (χ4v) is 3.87. The van der Waals surface area contributed by atoms with E-state index in [4.69, 9.17) is 20.8 Å². The summed E-state index contributed by atoms with van der Waals surface area (Å²) in [6, 6.07) is 1.90. The number of ether oxygens (including phenoxy) is 1. The highest BCUT2D eigenvalue weighted by molar-refractivity contribution is 6.53. The highest BCUT2D eigenvalue weighted by Crippen LogP contribution is 2.33. The molecule has 3 aromatic heterocycles.